The highest BCUT2D eigenvalue weighted by Crippen LogP contribution is 2.13. The zero-order valence-electron chi connectivity index (χ0n) is 10.7. The summed E-state index contributed by atoms with van der Waals surface area (Å²) >= 11 is 0. The number of aromatic nitrogens is 4. The Bertz CT molecular complexity index is 580. The third kappa shape index (κ3) is 2.17. The molecule has 0 unspecified atom stereocenters. The Morgan fingerprint density at radius 1 is 1.62 bits per heavy atom. The van der Waals surface area contributed by atoms with Crippen LogP contribution >= 0.6 is 0 Å². The lowest BCUT2D eigenvalue weighted by Gasteiger charge is -2.03. The third-order valence-corrected chi connectivity index (χ3v) is 1.98. The van der Waals surface area contributed by atoms with Gasteiger partial charge in [0.25, 0.3) is 0 Å². The number of nitrogens with one attached hydrogen (secondary N) is 2. The Hall–Kier alpha value is -1.95. The second-order valence-electron chi connectivity index (χ2n) is 3.24. The number of rotatable bonds is 4. The number of fused-ring (bicyclic) bond motifs is 1. The molecule has 0 amide bonds. The van der Waals surface area contributed by atoms with Crippen molar-refractivity contribution in [2.75, 3.05) is 18.4 Å². The standard InChI is InChI=1S/C10H13N5O/c1-7(4-16)2-3-11-9-8-10(13-5-12-8)15-6-14-9/h2,5-6,16H,3-4H2,1H3,(H2,11,12,13,14,15)/b7-2+/i3D2,7+1. The summed E-state index contributed by atoms with van der Waals surface area (Å²) in [4.78, 5) is 14.7. The van der Waals surface area contributed by atoms with E-state index in [1.165, 1.54) is 18.7 Å². The molecular weight excluding hydrogens is 207 g/mol. The molecule has 0 saturated carbocycles. The predicted octanol–water partition coefficient (Wildman–Crippen LogP) is 0.703. The molecule has 16 heavy (non-hydrogen) atoms. The van der Waals surface area contributed by atoms with E-state index in [0.29, 0.717) is 22.6 Å². The first-order chi connectivity index (χ1) is 8.52. The SMILES string of the molecule is [2H]C([2H])(/C=[13C](\C)CO)Nc1ncnc2nc[nH]c12. The number of aromatic amines is 1. The minimum absolute atomic E-state index is 0.190. The number of aliphatic hydroxyl groups excluding tert-OH is 1. The van der Waals surface area contributed by atoms with Gasteiger partial charge in [-0.1, -0.05) is 11.6 Å². The number of hydrogen-bond donors (Lipinski definition) is 3. The molecule has 0 aliphatic carbocycles. The van der Waals surface area contributed by atoms with Crippen molar-refractivity contribution in [2.24, 2.45) is 0 Å². The number of imidazole rings is 1. The Labute approximate surface area is 95.3 Å². The molecule has 0 aliphatic heterocycles. The highest BCUT2D eigenvalue weighted by Gasteiger charge is 2.03. The van der Waals surface area contributed by atoms with Gasteiger partial charge >= 0.3 is 0 Å². The molecule has 6 nitrogen and oxygen atoms in total. The molecule has 0 radical (unpaired) electrons. The van der Waals surface area contributed by atoms with E-state index in [9.17, 15) is 0 Å². The van der Waals surface area contributed by atoms with Crippen molar-refractivity contribution in [1.29, 1.82) is 0 Å². The number of nitrogens with zero attached hydrogens (tertiary/aromatic N) is 3. The molecule has 6 heteroatoms. The Morgan fingerprint density at radius 3 is 3.31 bits per heavy atom. The van der Waals surface area contributed by atoms with Crippen molar-refractivity contribution in [3.63, 3.8) is 0 Å². The highest BCUT2D eigenvalue weighted by molar-refractivity contribution is 5.81. The molecule has 84 valence electrons. The van der Waals surface area contributed by atoms with Gasteiger partial charge in [0, 0.05) is 6.50 Å². The minimum atomic E-state index is -1.82. The summed E-state index contributed by atoms with van der Waals surface area (Å²) in [6, 6.07) is 0. The van der Waals surface area contributed by atoms with Crippen LogP contribution < -0.4 is 5.32 Å². The molecule has 0 fully saturated rings. The summed E-state index contributed by atoms with van der Waals surface area (Å²) in [6.07, 6.45) is 4.08. The number of H-pyrrole nitrogens is 1. The van der Waals surface area contributed by atoms with Crippen LogP contribution in [0.2, 0.25) is 0 Å². The lowest BCUT2D eigenvalue weighted by Crippen LogP contribution is -2.03. The molecular formula is C10H13N5O. The first-order valence-corrected chi connectivity index (χ1v) is 4.73. The molecule has 2 rings (SSSR count). The van der Waals surface area contributed by atoms with Crippen molar-refractivity contribution < 1.29 is 7.85 Å². The minimum Gasteiger partial charge on any atom is -0.392 e. The first-order valence-electron chi connectivity index (χ1n) is 5.73. The number of hydrogen-bond acceptors (Lipinski definition) is 5. The first kappa shape index (κ1) is 8.23. The molecule has 2 aromatic rings. The van der Waals surface area contributed by atoms with Gasteiger partial charge in [-0.2, -0.15) is 0 Å². The van der Waals surface area contributed by atoms with E-state index in [4.69, 9.17) is 7.85 Å². The van der Waals surface area contributed by atoms with Crippen LogP contribution in [-0.4, -0.2) is 38.1 Å². The molecule has 0 aromatic carbocycles. The third-order valence-electron chi connectivity index (χ3n) is 1.98. The topological polar surface area (TPSA) is 86.7 Å². The fraction of sp³-hybridized carbons (Fsp3) is 0.300. The van der Waals surface area contributed by atoms with Crippen LogP contribution in [0.4, 0.5) is 5.82 Å². The van der Waals surface area contributed by atoms with Crippen molar-refractivity contribution in [3.05, 3.63) is 24.3 Å². The van der Waals surface area contributed by atoms with Gasteiger partial charge in [0.05, 0.1) is 15.7 Å². The van der Waals surface area contributed by atoms with Gasteiger partial charge in [-0.15, -0.1) is 0 Å². The quantitative estimate of drug-likeness (QED) is 0.523. The van der Waals surface area contributed by atoms with E-state index in [0.717, 1.165) is 0 Å². The van der Waals surface area contributed by atoms with Crippen molar-refractivity contribution in [1.82, 2.24) is 19.9 Å². The average molecular weight is 222 g/mol. The van der Waals surface area contributed by atoms with Crippen LogP contribution in [0.25, 0.3) is 11.2 Å². The van der Waals surface area contributed by atoms with Crippen LogP contribution in [0.5, 0.6) is 0 Å². The number of aliphatic hydroxyl groups is 1. The Morgan fingerprint density at radius 2 is 2.50 bits per heavy atom. The second-order valence-corrected chi connectivity index (χ2v) is 3.24. The van der Waals surface area contributed by atoms with E-state index in [1.807, 2.05) is 0 Å². The number of anilines is 1. The summed E-state index contributed by atoms with van der Waals surface area (Å²) in [5, 5.41) is 11.5. The van der Waals surface area contributed by atoms with Crippen LogP contribution in [-0.2, 0) is 0 Å². The zero-order chi connectivity index (χ0) is 13.2. The zero-order valence-corrected chi connectivity index (χ0v) is 8.73. The Balaban J connectivity index is 2.31. The second kappa shape index (κ2) is 4.71. The predicted molar refractivity (Wildman–Crippen MR) is 61.0 cm³/mol. The maximum Gasteiger partial charge on any atom is 0.182 e. The van der Waals surface area contributed by atoms with Gasteiger partial charge in [0.15, 0.2) is 11.5 Å². The van der Waals surface area contributed by atoms with E-state index in [2.05, 4.69) is 25.3 Å². The summed E-state index contributed by atoms with van der Waals surface area (Å²) in [5.74, 6) is 0.324. The fourth-order valence-electron chi connectivity index (χ4n) is 1.13. The molecule has 0 atom stereocenters. The molecule has 3 N–H and O–H groups in total. The monoisotopic (exact) mass is 222 g/mol. The lowest BCUT2D eigenvalue weighted by atomic mass is 10.4. The summed E-state index contributed by atoms with van der Waals surface area (Å²) in [7, 11) is 0. The molecule has 0 saturated heterocycles. The van der Waals surface area contributed by atoms with Crippen molar-refractivity contribution in [3.8, 4) is 0 Å². The van der Waals surface area contributed by atoms with Gasteiger partial charge in [-0.3, -0.25) is 0 Å². The van der Waals surface area contributed by atoms with Crippen molar-refractivity contribution >= 4 is 17.0 Å². The van der Waals surface area contributed by atoms with Crippen molar-refractivity contribution in [2.45, 2.75) is 6.92 Å². The van der Waals surface area contributed by atoms with Crippen LogP contribution in [0, 0.1) is 0 Å². The molecule has 0 aliphatic rings. The van der Waals surface area contributed by atoms with Gasteiger partial charge in [0.2, 0.25) is 0 Å². The normalized spacial score (nSPS) is 14.8. The fourth-order valence-corrected chi connectivity index (χ4v) is 1.13. The highest BCUT2D eigenvalue weighted by atomic mass is 16.3. The smallest absolute Gasteiger partial charge is 0.182 e. The van der Waals surface area contributed by atoms with Gasteiger partial charge in [-0.25, -0.2) is 15.0 Å². The molecule has 0 bridgehead atoms. The summed E-state index contributed by atoms with van der Waals surface area (Å²) in [5.41, 5.74) is 1.53. The van der Waals surface area contributed by atoms with Gasteiger partial charge in [0.1, 0.15) is 11.8 Å². The van der Waals surface area contributed by atoms with Gasteiger partial charge in [-0.05, 0) is 6.92 Å². The lowest BCUT2D eigenvalue weighted by molar-refractivity contribution is 0.331. The maximum atomic E-state index is 8.90. The van der Waals surface area contributed by atoms with E-state index in [-0.39, 0.29) is 6.61 Å². The Kier molecular flexibility index (Phi) is 2.42. The summed E-state index contributed by atoms with van der Waals surface area (Å²) < 4.78 is 15.6. The molecule has 0 spiro atoms. The summed E-state index contributed by atoms with van der Waals surface area (Å²) in [6.45, 7) is -0.366. The van der Waals surface area contributed by atoms with Gasteiger partial charge < -0.3 is 15.4 Å². The van der Waals surface area contributed by atoms with Crippen LogP contribution in [0.1, 0.15) is 9.67 Å². The van der Waals surface area contributed by atoms with E-state index < -0.39 is 6.50 Å². The van der Waals surface area contributed by atoms with E-state index >= 15 is 0 Å². The molecule has 2 aromatic heterocycles. The maximum absolute atomic E-state index is 8.90. The van der Waals surface area contributed by atoms with Crippen LogP contribution in [0.3, 0.4) is 0 Å². The average Bonchev–Trinajstić information content (AvgIpc) is 2.77. The van der Waals surface area contributed by atoms with E-state index in [1.54, 1.807) is 6.92 Å². The molecule has 2 heterocycles. The largest absolute Gasteiger partial charge is 0.392 e. The van der Waals surface area contributed by atoms with Crippen LogP contribution in [0.15, 0.2) is 24.3 Å².